The van der Waals surface area contributed by atoms with Crippen LogP contribution in [-0.4, -0.2) is 25.1 Å². The van der Waals surface area contributed by atoms with Gasteiger partial charge < -0.3 is 15.8 Å². The van der Waals surface area contributed by atoms with Gasteiger partial charge in [0, 0.05) is 6.04 Å². The van der Waals surface area contributed by atoms with Gasteiger partial charge in [-0.25, -0.2) is 0 Å². The zero-order valence-corrected chi connectivity index (χ0v) is 11.2. The number of ether oxygens (including phenoxy) is 1. The summed E-state index contributed by atoms with van der Waals surface area (Å²) in [6.45, 7) is 1.09. The van der Waals surface area contributed by atoms with Crippen LogP contribution < -0.4 is 15.8 Å². The van der Waals surface area contributed by atoms with Crippen LogP contribution in [0.1, 0.15) is 31.2 Å². The van der Waals surface area contributed by atoms with Crippen LogP contribution >= 0.6 is 0 Å². The number of carbonyl (C=O) groups is 1. The van der Waals surface area contributed by atoms with Crippen LogP contribution in [0.25, 0.3) is 0 Å². The number of nitrogens with one attached hydrogen (secondary N) is 1. The summed E-state index contributed by atoms with van der Waals surface area (Å²) in [4.78, 5) is 10.6. The van der Waals surface area contributed by atoms with Crippen molar-refractivity contribution in [3.05, 3.63) is 29.8 Å². The largest absolute Gasteiger partial charge is 0.484 e. The van der Waals surface area contributed by atoms with Crippen LogP contribution in [-0.2, 0) is 11.2 Å². The van der Waals surface area contributed by atoms with Gasteiger partial charge in [0.05, 0.1) is 0 Å². The predicted octanol–water partition coefficient (Wildman–Crippen LogP) is 1.63. The highest BCUT2D eigenvalue weighted by atomic mass is 16.5. The highest BCUT2D eigenvalue weighted by Gasteiger charge is 2.11. The molecule has 1 aromatic rings. The second-order valence-electron chi connectivity index (χ2n) is 5.08. The first-order valence-corrected chi connectivity index (χ1v) is 6.97. The number of aryl methyl sites for hydroxylation is 1. The Labute approximate surface area is 114 Å². The number of nitrogens with two attached hydrogens (primary N) is 1. The Morgan fingerprint density at radius 3 is 2.74 bits per heavy atom. The molecule has 0 saturated carbocycles. The lowest BCUT2D eigenvalue weighted by molar-refractivity contribution is -0.119. The second kappa shape index (κ2) is 7.14. The summed E-state index contributed by atoms with van der Waals surface area (Å²) in [5.74, 6) is 0.241. The maximum atomic E-state index is 10.6. The highest BCUT2D eigenvalue weighted by molar-refractivity contribution is 5.75. The summed E-state index contributed by atoms with van der Waals surface area (Å²) in [7, 11) is 0. The van der Waals surface area contributed by atoms with Crippen LogP contribution in [0.4, 0.5) is 0 Å². The maximum absolute atomic E-state index is 10.6. The van der Waals surface area contributed by atoms with E-state index in [0.717, 1.165) is 13.0 Å². The van der Waals surface area contributed by atoms with Crippen molar-refractivity contribution in [1.82, 2.24) is 5.32 Å². The number of piperidine rings is 1. The normalized spacial score (nSPS) is 19.1. The molecule has 1 unspecified atom stereocenters. The van der Waals surface area contributed by atoms with Crippen molar-refractivity contribution in [1.29, 1.82) is 0 Å². The molecule has 4 heteroatoms. The molecule has 4 nitrogen and oxygen atoms in total. The maximum Gasteiger partial charge on any atom is 0.255 e. The van der Waals surface area contributed by atoms with Crippen LogP contribution in [0, 0.1) is 0 Å². The molecule has 0 aromatic heterocycles. The van der Waals surface area contributed by atoms with Crippen molar-refractivity contribution in [3.8, 4) is 5.75 Å². The Morgan fingerprint density at radius 1 is 1.32 bits per heavy atom. The van der Waals surface area contributed by atoms with Gasteiger partial charge in [-0.05, 0) is 49.9 Å². The van der Waals surface area contributed by atoms with E-state index in [9.17, 15) is 4.79 Å². The summed E-state index contributed by atoms with van der Waals surface area (Å²) in [6.07, 6.45) is 6.20. The number of hydrogen-bond donors (Lipinski definition) is 2. The van der Waals surface area contributed by atoms with E-state index in [0.29, 0.717) is 11.8 Å². The van der Waals surface area contributed by atoms with Gasteiger partial charge in [0.25, 0.3) is 5.91 Å². The predicted molar refractivity (Wildman–Crippen MR) is 75.1 cm³/mol. The molecule has 1 fully saturated rings. The number of benzene rings is 1. The molecule has 2 rings (SSSR count). The topological polar surface area (TPSA) is 64.4 Å². The molecular formula is C15H22N2O2. The lowest BCUT2D eigenvalue weighted by atomic mass is 9.98. The van der Waals surface area contributed by atoms with Crippen molar-refractivity contribution in [2.75, 3.05) is 13.2 Å². The first kappa shape index (κ1) is 13.9. The summed E-state index contributed by atoms with van der Waals surface area (Å²) in [5.41, 5.74) is 6.33. The average molecular weight is 262 g/mol. The molecule has 0 bridgehead atoms. The molecule has 104 valence electrons. The zero-order chi connectivity index (χ0) is 13.5. The Bertz CT molecular complexity index is 397. The smallest absolute Gasteiger partial charge is 0.255 e. The van der Waals surface area contributed by atoms with Gasteiger partial charge in [0.2, 0.25) is 0 Å². The van der Waals surface area contributed by atoms with Crippen molar-refractivity contribution in [3.63, 3.8) is 0 Å². The molecule has 1 saturated heterocycles. The molecule has 1 amide bonds. The number of primary amides is 1. The summed E-state index contributed by atoms with van der Waals surface area (Å²) < 4.78 is 5.23. The summed E-state index contributed by atoms with van der Waals surface area (Å²) in [6, 6.07) is 8.57. The van der Waals surface area contributed by atoms with Gasteiger partial charge >= 0.3 is 0 Å². The lowest BCUT2D eigenvalue weighted by Crippen LogP contribution is -2.34. The fourth-order valence-corrected chi connectivity index (χ4v) is 2.42. The lowest BCUT2D eigenvalue weighted by Gasteiger charge is -2.23. The first-order valence-electron chi connectivity index (χ1n) is 6.97. The fraction of sp³-hybridized carbons (Fsp3) is 0.533. The quantitative estimate of drug-likeness (QED) is 0.819. The number of rotatable bonds is 6. The number of carbonyl (C=O) groups excluding carboxylic acids is 1. The van der Waals surface area contributed by atoms with Crippen molar-refractivity contribution < 1.29 is 9.53 Å². The average Bonchev–Trinajstić information content (AvgIpc) is 2.45. The molecular weight excluding hydrogens is 240 g/mol. The van der Waals surface area contributed by atoms with E-state index in [1.165, 1.54) is 31.2 Å². The monoisotopic (exact) mass is 262 g/mol. The van der Waals surface area contributed by atoms with Gasteiger partial charge in [-0.3, -0.25) is 4.79 Å². The number of amides is 1. The van der Waals surface area contributed by atoms with Gasteiger partial charge in [0.1, 0.15) is 5.75 Å². The fourth-order valence-electron chi connectivity index (χ4n) is 2.42. The molecule has 1 aliphatic heterocycles. The van der Waals surface area contributed by atoms with E-state index in [-0.39, 0.29) is 6.61 Å². The molecule has 0 spiro atoms. The third-order valence-electron chi connectivity index (χ3n) is 3.50. The third-order valence-corrected chi connectivity index (χ3v) is 3.50. The van der Waals surface area contributed by atoms with Crippen LogP contribution in [0.3, 0.4) is 0 Å². The van der Waals surface area contributed by atoms with E-state index in [4.69, 9.17) is 10.5 Å². The molecule has 19 heavy (non-hydrogen) atoms. The van der Waals surface area contributed by atoms with E-state index >= 15 is 0 Å². The van der Waals surface area contributed by atoms with Gasteiger partial charge in [0.15, 0.2) is 6.61 Å². The van der Waals surface area contributed by atoms with E-state index in [1.807, 2.05) is 12.1 Å². The van der Waals surface area contributed by atoms with Crippen LogP contribution in [0.2, 0.25) is 0 Å². The molecule has 0 aliphatic carbocycles. The Hall–Kier alpha value is -1.55. The van der Waals surface area contributed by atoms with Crippen LogP contribution in [0.5, 0.6) is 5.75 Å². The molecule has 1 aromatic carbocycles. The van der Waals surface area contributed by atoms with Crippen molar-refractivity contribution in [2.24, 2.45) is 5.73 Å². The molecule has 1 aliphatic rings. The minimum absolute atomic E-state index is 0.0641. The van der Waals surface area contributed by atoms with Crippen molar-refractivity contribution >= 4 is 5.91 Å². The Balaban J connectivity index is 1.76. The third kappa shape index (κ3) is 4.91. The SMILES string of the molecule is NC(=O)COc1ccc(CCC2CCCCN2)cc1. The van der Waals surface area contributed by atoms with Crippen LogP contribution in [0.15, 0.2) is 24.3 Å². The molecule has 0 radical (unpaired) electrons. The minimum atomic E-state index is -0.451. The van der Waals surface area contributed by atoms with Crippen molar-refractivity contribution in [2.45, 2.75) is 38.1 Å². The highest BCUT2D eigenvalue weighted by Crippen LogP contribution is 2.16. The Kier molecular flexibility index (Phi) is 5.21. The van der Waals surface area contributed by atoms with Gasteiger partial charge in [-0.2, -0.15) is 0 Å². The van der Waals surface area contributed by atoms with E-state index in [2.05, 4.69) is 17.4 Å². The second-order valence-corrected chi connectivity index (χ2v) is 5.08. The standard InChI is InChI=1S/C15H22N2O2/c16-15(18)11-19-14-8-5-12(6-9-14)4-7-13-3-1-2-10-17-13/h5-6,8-9,13,17H,1-4,7,10-11H2,(H2,16,18). The first-order chi connectivity index (χ1) is 9.24. The Morgan fingerprint density at radius 2 is 2.11 bits per heavy atom. The molecule has 1 heterocycles. The van der Waals surface area contributed by atoms with Gasteiger partial charge in [-0.1, -0.05) is 18.6 Å². The van der Waals surface area contributed by atoms with E-state index in [1.54, 1.807) is 0 Å². The summed E-state index contributed by atoms with van der Waals surface area (Å²) in [5, 5.41) is 3.56. The molecule has 1 atom stereocenters. The molecule has 3 N–H and O–H groups in total. The number of hydrogen-bond acceptors (Lipinski definition) is 3. The van der Waals surface area contributed by atoms with Gasteiger partial charge in [-0.15, -0.1) is 0 Å². The zero-order valence-electron chi connectivity index (χ0n) is 11.2. The minimum Gasteiger partial charge on any atom is -0.484 e. The summed E-state index contributed by atoms with van der Waals surface area (Å²) >= 11 is 0. The van der Waals surface area contributed by atoms with E-state index < -0.39 is 5.91 Å².